The molecule has 1 N–H and O–H groups in total. The van der Waals surface area contributed by atoms with E-state index in [0.717, 1.165) is 31.4 Å². The van der Waals surface area contributed by atoms with Gasteiger partial charge in [-0.1, -0.05) is 5.16 Å². The van der Waals surface area contributed by atoms with Gasteiger partial charge < -0.3 is 14.7 Å². The molecule has 3 rings (SSSR count). The Morgan fingerprint density at radius 3 is 2.67 bits per heavy atom. The highest BCUT2D eigenvalue weighted by Crippen LogP contribution is 2.40. The highest BCUT2D eigenvalue weighted by molar-refractivity contribution is 6.27. The van der Waals surface area contributed by atoms with Gasteiger partial charge in [0.1, 0.15) is 11.6 Å². The smallest absolute Gasteiger partial charge is 0.273 e. The van der Waals surface area contributed by atoms with Gasteiger partial charge >= 0.3 is 0 Å². The van der Waals surface area contributed by atoms with Crippen molar-refractivity contribution in [2.75, 3.05) is 19.0 Å². The van der Waals surface area contributed by atoms with Crippen LogP contribution in [0.4, 0.5) is 0 Å². The molecule has 0 unspecified atom stereocenters. The second kappa shape index (κ2) is 6.05. The maximum atomic E-state index is 12.1. The van der Waals surface area contributed by atoms with E-state index in [1.165, 1.54) is 0 Å². The van der Waals surface area contributed by atoms with E-state index in [1.807, 2.05) is 0 Å². The van der Waals surface area contributed by atoms with E-state index >= 15 is 0 Å². The number of likely N-dealkylation sites (tertiary alicyclic amines) is 1. The summed E-state index contributed by atoms with van der Waals surface area (Å²) in [5.74, 6) is 1.02. The summed E-state index contributed by atoms with van der Waals surface area (Å²) < 4.78 is 5.18. The molecule has 0 aromatic carbocycles. The van der Waals surface area contributed by atoms with Gasteiger partial charge in [0.2, 0.25) is 5.91 Å². The van der Waals surface area contributed by atoms with Crippen LogP contribution in [0.25, 0.3) is 0 Å². The first-order valence-corrected chi connectivity index (χ1v) is 7.82. The largest absolute Gasteiger partial charge is 0.360 e. The van der Waals surface area contributed by atoms with E-state index in [0.29, 0.717) is 24.7 Å². The van der Waals surface area contributed by atoms with Crippen LogP contribution in [0.2, 0.25) is 0 Å². The third-order valence-electron chi connectivity index (χ3n) is 4.04. The zero-order valence-electron chi connectivity index (χ0n) is 11.7. The van der Waals surface area contributed by atoms with Crippen molar-refractivity contribution in [3.05, 3.63) is 17.5 Å². The summed E-state index contributed by atoms with van der Waals surface area (Å²) in [5, 5.41) is 6.78. The molecule has 1 aromatic rings. The molecular weight excluding hydrogens is 294 g/mol. The molecule has 2 amide bonds. The van der Waals surface area contributed by atoms with E-state index in [4.69, 9.17) is 16.1 Å². The molecule has 7 heteroatoms. The van der Waals surface area contributed by atoms with Crippen molar-refractivity contribution in [2.24, 2.45) is 0 Å². The van der Waals surface area contributed by atoms with Crippen LogP contribution in [0, 0.1) is 0 Å². The number of piperidine rings is 1. The number of carbonyl (C=O) groups is 2. The van der Waals surface area contributed by atoms with Crippen LogP contribution in [-0.4, -0.2) is 46.9 Å². The van der Waals surface area contributed by atoms with Crippen molar-refractivity contribution < 1.29 is 14.1 Å². The first-order chi connectivity index (χ1) is 10.2. The highest BCUT2D eigenvalue weighted by Gasteiger charge is 2.29. The zero-order chi connectivity index (χ0) is 14.8. The molecule has 1 saturated carbocycles. The average Bonchev–Trinajstić information content (AvgIpc) is 3.24. The molecule has 0 bridgehead atoms. The molecule has 0 atom stereocenters. The van der Waals surface area contributed by atoms with E-state index < -0.39 is 0 Å². The SMILES string of the molecule is O=C(NC1CCN(C(=O)CCl)CC1)c1cc(C2CC2)on1. The number of aromatic nitrogens is 1. The summed E-state index contributed by atoms with van der Waals surface area (Å²) in [7, 11) is 0. The maximum Gasteiger partial charge on any atom is 0.273 e. The number of hydrogen-bond donors (Lipinski definition) is 1. The molecule has 2 aliphatic rings. The van der Waals surface area contributed by atoms with Crippen LogP contribution in [-0.2, 0) is 4.79 Å². The molecular formula is C14H18ClN3O3. The van der Waals surface area contributed by atoms with Gasteiger partial charge in [-0.05, 0) is 25.7 Å². The minimum Gasteiger partial charge on any atom is -0.360 e. The summed E-state index contributed by atoms with van der Waals surface area (Å²) in [6.07, 6.45) is 3.70. The van der Waals surface area contributed by atoms with Gasteiger partial charge in [0.15, 0.2) is 5.69 Å². The van der Waals surface area contributed by atoms with Gasteiger partial charge in [0.05, 0.1) is 0 Å². The third-order valence-corrected chi connectivity index (χ3v) is 4.27. The van der Waals surface area contributed by atoms with Crippen LogP contribution in [0.5, 0.6) is 0 Å². The normalized spacial score (nSPS) is 19.6. The number of hydrogen-bond acceptors (Lipinski definition) is 4. The Hall–Kier alpha value is -1.56. The van der Waals surface area contributed by atoms with Crippen molar-refractivity contribution in [2.45, 2.75) is 37.6 Å². The average molecular weight is 312 g/mol. The lowest BCUT2D eigenvalue weighted by atomic mass is 10.0. The van der Waals surface area contributed by atoms with Crippen LogP contribution in [0.1, 0.15) is 47.8 Å². The molecule has 0 radical (unpaired) electrons. The Morgan fingerprint density at radius 2 is 2.05 bits per heavy atom. The number of nitrogens with zero attached hydrogens (tertiary/aromatic N) is 2. The number of rotatable bonds is 4. The summed E-state index contributed by atoms with van der Waals surface area (Å²) in [6.45, 7) is 1.26. The van der Waals surface area contributed by atoms with Crippen LogP contribution in [0.15, 0.2) is 10.6 Å². The van der Waals surface area contributed by atoms with Gasteiger partial charge in [0.25, 0.3) is 5.91 Å². The van der Waals surface area contributed by atoms with Gasteiger partial charge in [-0.3, -0.25) is 9.59 Å². The maximum absolute atomic E-state index is 12.1. The quantitative estimate of drug-likeness (QED) is 0.855. The van der Waals surface area contributed by atoms with E-state index in [-0.39, 0.29) is 23.7 Å². The highest BCUT2D eigenvalue weighted by atomic mass is 35.5. The lowest BCUT2D eigenvalue weighted by molar-refractivity contribution is -0.129. The topological polar surface area (TPSA) is 75.4 Å². The molecule has 6 nitrogen and oxygen atoms in total. The van der Waals surface area contributed by atoms with Gasteiger partial charge in [-0.25, -0.2) is 0 Å². The van der Waals surface area contributed by atoms with E-state index in [2.05, 4.69) is 10.5 Å². The molecule has 2 fully saturated rings. The number of halogens is 1. The molecule has 21 heavy (non-hydrogen) atoms. The lowest BCUT2D eigenvalue weighted by Crippen LogP contribution is -2.47. The summed E-state index contributed by atoms with van der Waals surface area (Å²) in [6, 6.07) is 1.80. The van der Waals surface area contributed by atoms with Crippen LogP contribution in [0.3, 0.4) is 0 Å². The number of carbonyl (C=O) groups excluding carboxylic acids is 2. The van der Waals surface area contributed by atoms with Crippen molar-refractivity contribution in [1.82, 2.24) is 15.4 Å². The van der Waals surface area contributed by atoms with E-state index in [1.54, 1.807) is 11.0 Å². The Labute approximate surface area is 127 Å². The van der Waals surface area contributed by atoms with Crippen molar-refractivity contribution >= 4 is 23.4 Å². The molecule has 1 saturated heterocycles. The fraction of sp³-hybridized carbons (Fsp3) is 0.643. The van der Waals surface area contributed by atoms with Crippen LogP contribution < -0.4 is 5.32 Å². The molecule has 114 valence electrons. The number of amides is 2. The summed E-state index contributed by atoms with van der Waals surface area (Å²) >= 11 is 5.54. The van der Waals surface area contributed by atoms with Crippen LogP contribution >= 0.6 is 11.6 Å². The van der Waals surface area contributed by atoms with Gasteiger partial charge in [0, 0.05) is 31.1 Å². The summed E-state index contributed by atoms with van der Waals surface area (Å²) in [4.78, 5) is 25.3. The Kier molecular flexibility index (Phi) is 4.14. The first kappa shape index (κ1) is 14.4. The molecule has 1 aromatic heterocycles. The predicted octanol–water partition coefficient (Wildman–Crippen LogP) is 1.51. The molecule has 1 aliphatic heterocycles. The fourth-order valence-corrected chi connectivity index (χ4v) is 2.74. The Morgan fingerprint density at radius 1 is 1.33 bits per heavy atom. The summed E-state index contributed by atoms with van der Waals surface area (Å²) in [5.41, 5.74) is 0.344. The first-order valence-electron chi connectivity index (χ1n) is 7.28. The third kappa shape index (κ3) is 3.37. The minimum atomic E-state index is -0.201. The molecule has 0 spiro atoms. The van der Waals surface area contributed by atoms with Crippen molar-refractivity contribution in [3.63, 3.8) is 0 Å². The molecule has 1 aliphatic carbocycles. The van der Waals surface area contributed by atoms with E-state index in [9.17, 15) is 9.59 Å². The van der Waals surface area contributed by atoms with Crippen molar-refractivity contribution in [1.29, 1.82) is 0 Å². The van der Waals surface area contributed by atoms with Gasteiger partial charge in [-0.15, -0.1) is 11.6 Å². The minimum absolute atomic E-state index is 0.0138. The lowest BCUT2D eigenvalue weighted by Gasteiger charge is -2.31. The Bertz CT molecular complexity index is 533. The monoisotopic (exact) mass is 311 g/mol. The zero-order valence-corrected chi connectivity index (χ0v) is 12.4. The predicted molar refractivity (Wildman–Crippen MR) is 76.3 cm³/mol. The fourth-order valence-electron chi connectivity index (χ4n) is 2.57. The van der Waals surface area contributed by atoms with Crippen molar-refractivity contribution in [3.8, 4) is 0 Å². The Balaban J connectivity index is 1.50. The molecule has 2 heterocycles. The standard InChI is InChI=1S/C14H18ClN3O3/c15-8-13(19)18-5-3-10(4-6-18)16-14(20)11-7-12(21-17-11)9-1-2-9/h7,9-10H,1-6,8H2,(H,16,20). The second-order valence-electron chi connectivity index (χ2n) is 5.65. The number of nitrogens with one attached hydrogen (secondary N) is 1. The van der Waals surface area contributed by atoms with Gasteiger partial charge in [-0.2, -0.15) is 0 Å². The second-order valence-corrected chi connectivity index (χ2v) is 5.92. The number of alkyl halides is 1.